The first kappa shape index (κ1) is 34.6. The molecule has 0 amide bonds. The van der Waals surface area contributed by atoms with Gasteiger partial charge < -0.3 is 32.6 Å². The van der Waals surface area contributed by atoms with Crippen LogP contribution in [0.5, 0.6) is 11.5 Å². The van der Waals surface area contributed by atoms with Crippen molar-refractivity contribution in [1.82, 2.24) is 0 Å². The Morgan fingerprint density at radius 3 is 1.52 bits per heavy atom. The molecule has 0 bridgehead atoms. The highest BCUT2D eigenvalue weighted by Crippen LogP contribution is 2.40. The van der Waals surface area contributed by atoms with Gasteiger partial charge in [-0.05, 0) is 38.8 Å². The van der Waals surface area contributed by atoms with Gasteiger partial charge in [0, 0.05) is 23.7 Å². The van der Waals surface area contributed by atoms with E-state index in [4.69, 9.17) is 36.6 Å². The largest absolute Gasteiger partial charge is 0.492 e. The van der Waals surface area contributed by atoms with E-state index in [1.165, 1.54) is 26.0 Å². The number of rotatable bonds is 16. The van der Waals surface area contributed by atoms with Crippen molar-refractivity contribution in [2.75, 3.05) is 39.6 Å². The second kappa shape index (κ2) is 16.6. The van der Waals surface area contributed by atoms with E-state index in [1.807, 2.05) is 0 Å². The Balaban J connectivity index is 3.09. The number of ether oxygens (including phenoxy) is 4. The molecule has 16 heteroatoms. The lowest BCUT2D eigenvalue weighted by atomic mass is 10.1. The lowest BCUT2D eigenvalue weighted by molar-refractivity contribution is 0.0960. The summed E-state index contributed by atoms with van der Waals surface area (Å²) in [6.45, 7) is 17.4. The van der Waals surface area contributed by atoms with Gasteiger partial charge in [-0.3, -0.25) is 4.55 Å². The van der Waals surface area contributed by atoms with E-state index in [1.54, 1.807) is 12.1 Å². The van der Waals surface area contributed by atoms with E-state index in [-0.39, 0.29) is 85.8 Å². The maximum atomic E-state index is 11.1. The smallest absolute Gasteiger partial charge is 0.272 e. The van der Waals surface area contributed by atoms with Crippen molar-refractivity contribution >= 4 is 32.4 Å². The number of benzene rings is 1. The van der Waals surface area contributed by atoms with Gasteiger partial charge in [-0.15, -0.1) is 0 Å². The topological polar surface area (TPSA) is 208 Å². The van der Waals surface area contributed by atoms with Crippen LogP contribution in [-0.2, 0) is 19.6 Å². The zero-order valence-electron chi connectivity index (χ0n) is 21.8. The fraction of sp³-hybridized carbons (Fsp3) is 0.500. The van der Waals surface area contributed by atoms with E-state index >= 15 is 0 Å². The lowest BCUT2D eigenvalue weighted by Crippen LogP contribution is -2.23. The number of nitrogens with zero attached hydrogens (tertiary/aromatic N) is 4. The Kier molecular flexibility index (Phi) is 14.4. The first-order chi connectivity index (χ1) is 18.8. The minimum absolute atomic E-state index is 0.00874. The Morgan fingerprint density at radius 2 is 1.20 bits per heavy atom. The second-order valence-corrected chi connectivity index (χ2v) is 11.9. The summed E-state index contributed by atoms with van der Waals surface area (Å²) in [7, 11) is -7.85. The van der Waals surface area contributed by atoms with Crippen molar-refractivity contribution in [2.45, 2.75) is 37.2 Å². The van der Waals surface area contributed by atoms with Gasteiger partial charge in [0.2, 0.25) is 0 Å². The molecule has 40 heavy (non-hydrogen) atoms. The standard InChI is InChI=1S/C24H30N4O10S2/c1-17(39(29,30)31)5-7-35-9-11-37-23-13-20(22(16-26)28-4)24(14-19(23)21(15-25)27-3)38-12-10-36-8-6-18(2)40(32,33)34/h13-14,17-18,29-31H,5-12H2,1-2H3,(H,32,33,34)/b21-19-,22-20+. The Morgan fingerprint density at radius 1 is 0.800 bits per heavy atom. The second-order valence-electron chi connectivity index (χ2n) is 8.19. The Hall–Kier alpha value is -3.42. The molecular weight excluding hydrogens is 568 g/mol. The molecule has 0 saturated heterocycles. The molecule has 0 aliphatic carbocycles. The zero-order valence-corrected chi connectivity index (χ0v) is 23.4. The molecule has 0 spiro atoms. The molecule has 0 aliphatic heterocycles. The van der Waals surface area contributed by atoms with E-state index in [0.717, 1.165) is 0 Å². The van der Waals surface area contributed by atoms with Crippen molar-refractivity contribution in [1.29, 1.82) is 10.5 Å². The molecule has 1 rings (SSSR count). The molecule has 0 heterocycles. The molecule has 0 fully saturated rings. The Bertz CT molecular complexity index is 1380. The van der Waals surface area contributed by atoms with Gasteiger partial charge in [-0.25, -0.2) is 20.2 Å². The maximum Gasteiger partial charge on any atom is 0.272 e. The summed E-state index contributed by atoms with van der Waals surface area (Å²) in [5.74, 6) is 0.0256. The van der Waals surface area contributed by atoms with Crippen LogP contribution < -0.4 is 19.9 Å². The van der Waals surface area contributed by atoms with Crippen LogP contribution in [0.2, 0.25) is 0 Å². The van der Waals surface area contributed by atoms with Crippen LogP contribution in [-0.4, -0.2) is 76.8 Å². The monoisotopic (exact) mass is 598 g/mol. The van der Waals surface area contributed by atoms with Gasteiger partial charge in [0.25, 0.3) is 21.5 Å². The van der Waals surface area contributed by atoms with Crippen LogP contribution >= 0.6 is 10.9 Å². The third-order valence-corrected chi connectivity index (χ3v) is 7.95. The predicted molar refractivity (Wildman–Crippen MR) is 145 cm³/mol. The quantitative estimate of drug-likeness (QED) is 0.123. The van der Waals surface area contributed by atoms with Crippen LogP contribution in [0.3, 0.4) is 0 Å². The van der Waals surface area contributed by atoms with Gasteiger partial charge in [0.05, 0.1) is 59.9 Å². The van der Waals surface area contributed by atoms with E-state index < -0.39 is 31.5 Å². The van der Waals surface area contributed by atoms with Gasteiger partial charge in [0.1, 0.15) is 24.7 Å². The lowest BCUT2D eigenvalue weighted by Gasteiger charge is -2.26. The SMILES string of the molecule is [C-]#[N+]/C(C#N)=c1/cc(OCCOCCC(C)S(=O)(=O)O)/c(=C(\C#N)[N+]#[C-])cc1OCCOCCC(C)S(O)(O)O. The summed E-state index contributed by atoms with van der Waals surface area (Å²) < 4.78 is 80.8. The third-order valence-electron chi connectivity index (χ3n) is 5.38. The fourth-order valence-electron chi connectivity index (χ4n) is 2.89. The van der Waals surface area contributed by atoms with Crippen LogP contribution in [0.15, 0.2) is 12.1 Å². The van der Waals surface area contributed by atoms with E-state index in [0.29, 0.717) is 0 Å². The molecule has 0 saturated carbocycles. The summed E-state index contributed by atoms with van der Waals surface area (Å²) in [5.41, 5.74) is -0.685. The van der Waals surface area contributed by atoms with E-state index in [2.05, 4.69) is 9.69 Å². The highest BCUT2D eigenvalue weighted by Gasteiger charge is 2.21. The van der Waals surface area contributed by atoms with Gasteiger partial charge in [-0.2, -0.15) is 8.42 Å². The normalized spacial score (nSPS) is 14.8. The third kappa shape index (κ3) is 11.4. The molecule has 14 nitrogen and oxygen atoms in total. The number of nitriles is 2. The molecule has 0 radical (unpaired) electrons. The molecule has 1 aromatic carbocycles. The summed E-state index contributed by atoms with van der Waals surface area (Å²) >= 11 is 0. The van der Waals surface area contributed by atoms with Crippen LogP contribution in [0.4, 0.5) is 0 Å². The zero-order chi connectivity index (χ0) is 30.3. The van der Waals surface area contributed by atoms with Crippen molar-refractivity contribution in [3.63, 3.8) is 0 Å². The van der Waals surface area contributed by atoms with Crippen LogP contribution in [0.25, 0.3) is 21.1 Å². The minimum Gasteiger partial charge on any atom is -0.492 e. The minimum atomic E-state index is -4.17. The molecule has 2 unspecified atom stereocenters. The number of hydrogen-bond acceptors (Lipinski definition) is 11. The molecular formula is C24H30N4O10S2. The summed E-state index contributed by atoms with van der Waals surface area (Å²) in [5, 5.41) is 17.2. The summed E-state index contributed by atoms with van der Waals surface area (Å²) in [6.07, 6.45) is 0.212. The highest BCUT2D eigenvalue weighted by atomic mass is 32.3. The summed E-state index contributed by atoms with van der Waals surface area (Å²) in [4.78, 5) is 6.39. The maximum absolute atomic E-state index is 11.1. The first-order valence-electron chi connectivity index (χ1n) is 11.6. The van der Waals surface area contributed by atoms with Crippen molar-refractivity contribution < 1.29 is 45.6 Å². The first-order valence-corrected chi connectivity index (χ1v) is 14.7. The Labute approximate surface area is 234 Å². The molecule has 2 atom stereocenters. The van der Waals surface area contributed by atoms with Crippen LogP contribution in [0, 0.1) is 35.8 Å². The molecule has 1 aromatic rings. The summed E-state index contributed by atoms with van der Waals surface area (Å²) in [6, 6.07) is 6.10. The highest BCUT2D eigenvalue weighted by molar-refractivity contribution is 8.19. The average molecular weight is 599 g/mol. The average Bonchev–Trinajstić information content (AvgIpc) is 2.89. The number of hydrogen-bond donors (Lipinski definition) is 4. The molecule has 0 aliphatic rings. The van der Waals surface area contributed by atoms with Crippen molar-refractivity contribution in [3.8, 4) is 23.6 Å². The van der Waals surface area contributed by atoms with Gasteiger partial charge in [-0.1, -0.05) is 0 Å². The molecule has 0 aromatic heterocycles. The predicted octanol–water partition coefficient (Wildman–Crippen LogP) is 2.25. The van der Waals surface area contributed by atoms with Crippen molar-refractivity contribution in [2.24, 2.45) is 0 Å². The molecule has 4 N–H and O–H groups in total. The fourth-order valence-corrected chi connectivity index (χ4v) is 3.70. The van der Waals surface area contributed by atoms with Gasteiger partial charge in [0.15, 0.2) is 0 Å². The van der Waals surface area contributed by atoms with Crippen LogP contribution in [0.1, 0.15) is 26.7 Å². The van der Waals surface area contributed by atoms with Gasteiger partial charge >= 0.3 is 0 Å². The van der Waals surface area contributed by atoms with E-state index in [9.17, 15) is 32.6 Å². The van der Waals surface area contributed by atoms with Crippen molar-refractivity contribution in [3.05, 3.63) is 45.4 Å². The molecule has 218 valence electrons.